The minimum Gasteiger partial charge on any atom is -0.381 e. The summed E-state index contributed by atoms with van der Waals surface area (Å²) in [7, 11) is 0. The zero-order valence-corrected chi connectivity index (χ0v) is 8.93. The summed E-state index contributed by atoms with van der Waals surface area (Å²) in [5.41, 5.74) is 6.45. The predicted octanol–water partition coefficient (Wildman–Crippen LogP) is 0.206. The maximum atomic E-state index is 5.46. The third-order valence-electron chi connectivity index (χ3n) is 2.77. The van der Waals surface area contributed by atoms with Crippen molar-refractivity contribution in [1.82, 2.24) is 15.0 Å². The van der Waals surface area contributed by atoms with Gasteiger partial charge in [0.05, 0.1) is 5.69 Å². The van der Waals surface area contributed by atoms with E-state index in [4.69, 9.17) is 10.5 Å². The lowest BCUT2D eigenvalue weighted by molar-refractivity contribution is 0.0600. The van der Waals surface area contributed by atoms with Crippen LogP contribution in [-0.4, -0.2) is 34.8 Å². The van der Waals surface area contributed by atoms with Crippen molar-refractivity contribution in [3.63, 3.8) is 0 Å². The number of hydrogen-bond acceptors (Lipinski definition) is 4. The Kier molecular flexibility index (Phi) is 3.69. The maximum absolute atomic E-state index is 5.46. The van der Waals surface area contributed by atoms with Gasteiger partial charge in [0.2, 0.25) is 0 Å². The van der Waals surface area contributed by atoms with Crippen molar-refractivity contribution >= 4 is 0 Å². The number of hydrogen-bond donors (Lipinski definition) is 1. The Bertz CT molecular complexity index is 293. The number of nitrogens with two attached hydrogens (primary N) is 1. The zero-order valence-electron chi connectivity index (χ0n) is 8.93. The molecule has 0 unspecified atom stereocenters. The molecule has 0 spiro atoms. The molecule has 0 atom stereocenters. The van der Waals surface area contributed by atoms with Gasteiger partial charge in [-0.3, -0.25) is 4.68 Å². The average Bonchev–Trinajstić information content (AvgIpc) is 2.68. The molecule has 1 saturated heterocycles. The molecule has 0 saturated carbocycles. The molecule has 1 aromatic heterocycles. The van der Waals surface area contributed by atoms with Crippen molar-refractivity contribution in [2.45, 2.75) is 25.8 Å². The Labute approximate surface area is 89.6 Å². The van der Waals surface area contributed by atoms with Gasteiger partial charge in [0.15, 0.2) is 0 Å². The highest BCUT2D eigenvalue weighted by Crippen LogP contribution is 2.16. The highest BCUT2D eigenvalue weighted by molar-refractivity contribution is 4.92. The monoisotopic (exact) mass is 210 g/mol. The smallest absolute Gasteiger partial charge is 0.0839 e. The second-order valence-electron chi connectivity index (χ2n) is 4.03. The van der Waals surface area contributed by atoms with Gasteiger partial charge in [-0.1, -0.05) is 5.21 Å². The van der Waals surface area contributed by atoms with Crippen LogP contribution in [0.25, 0.3) is 0 Å². The van der Waals surface area contributed by atoms with Crippen molar-refractivity contribution in [1.29, 1.82) is 0 Å². The van der Waals surface area contributed by atoms with Crippen LogP contribution in [0.2, 0.25) is 0 Å². The molecule has 1 aliphatic heterocycles. The molecule has 84 valence electrons. The van der Waals surface area contributed by atoms with E-state index in [0.29, 0.717) is 12.5 Å². The third-order valence-corrected chi connectivity index (χ3v) is 2.77. The van der Waals surface area contributed by atoms with Crippen LogP contribution in [0.15, 0.2) is 6.20 Å². The standard InChI is InChI=1S/C10H18N4O/c11-4-1-10-8-14(13-12-10)7-9-2-5-15-6-3-9/h8-9H,1-7,11H2. The summed E-state index contributed by atoms with van der Waals surface area (Å²) in [4.78, 5) is 0. The first-order chi connectivity index (χ1) is 7.38. The first kappa shape index (κ1) is 10.6. The van der Waals surface area contributed by atoms with Gasteiger partial charge in [-0.15, -0.1) is 5.10 Å². The minimum absolute atomic E-state index is 0.635. The molecule has 1 aliphatic rings. The average molecular weight is 210 g/mol. The topological polar surface area (TPSA) is 66.0 Å². The second-order valence-corrected chi connectivity index (χ2v) is 4.03. The lowest BCUT2D eigenvalue weighted by Crippen LogP contribution is -2.20. The van der Waals surface area contributed by atoms with Crippen molar-refractivity contribution < 1.29 is 4.74 Å². The van der Waals surface area contributed by atoms with Crippen molar-refractivity contribution in [2.24, 2.45) is 11.7 Å². The van der Waals surface area contributed by atoms with Crippen LogP contribution >= 0.6 is 0 Å². The van der Waals surface area contributed by atoms with Crippen LogP contribution in [0, 0.1) is 5.92 Å². The summed E-state index contributed by atoms with van der Waals surface area (Å²) in [5.74, 6) is 0.686. The van der Waals surface area contributed by atoms with Crippen LogP contribution in [0.4, 0.5) is 0 Å². The number of ether oxygens (including phenoxy) is 1. The van der Waals surface area contributed by atoms with E-state index in [1.807, 2.05) is 10.9 Å². The van der Waals surface area contributed by atoms with E-state index >= 15 is 0 Å². The molecule has 5 nitrogen and oxygen atoms in total. The van der Waals surface area contributed by atoms with E-state index in [2.05, 4.69) is 10.3 Å². The molecule has 0 radical (unpaired) electrons. The summed E-state index contributed by atoms with van der Waals surface area (Å²) >= 11 is 0. The fraction of sp³-hybridized carbons (Fsp3) is 0.800. The van der Waals surface area contributed by atoms with Crippen LogP contribution in [0.1, 0.15) is 18.5 Å². The van der Waals surface area contributed by atoms with E-state index in [1.54, 1.807) is 0 Å². The molecule has 2 heterocycles. The lowest BCUT2D eigenvalue weighted by Gasteiger charge is -2.21. The molecule has 0 bridgehead atoms. The zero-order chi connectivity index (χ0) is 10.5. The molecule has 5 heteroatoms. The summed E-state index contributed by atoms with van der Waals surface area (Å²) in [6.07, 6.45) is 5.08. The van der Waals surface area contributed by atoms with Crippen LogP contribution < -0.4 is 5.73 Å². The maximum Gasteiger partial charge on any atom is 0.0839 e. The number of aromatic nitrogens is 3. The Morgan fingerprint density at radius 2 is 2.27 bits per heavy atom. The Hall–Kier alpha value is -0.940. The number of rotatable bonds is 4. The molecule has 1 aromatic rings. The fourth-order valence-electron chi connectivity index (χ4n) is 1.88. The fourth-order valence-corrected chi connectivity index (χ4v) is 1.88. The SMILES string of the molecule is NCCc1cn(CC2CCOCC2)nn1. The molecule has 15 heavy (non-hydrogen) atoms. The van der Waals surface area contributed by atoms with Gasteiger partial charge in [0.1, 0.15) is 0 Å². The molecule has 0 aromatic carbocycles. The molecular formula is C10H18N4O. The van der Waals surface area contributed by atoms with Crippen molar-refractivity contribution in [3.8, 4) is 0 Å². The highest BCUT2D eigenvalue weighted by atomic mass is 16.5. The second kappa shape index (κ2) is 5.23. The van der Waals surface area contributed by atoms with Gasteiger partial charge in [0.25, 0.3) is 0 Å². The van der Waals surface area contributed by atoms with Gasteiger partial charge >= 0.3 is 0 Å². The van der Waals surface area contributed by atoms with Gasteiger partial charge in [-0.2, -0.15) is 0 Å². The van der Waals surface area contributed by atoms with Crippen LogP contribution in [0.3, 0.4) is 0 Å². The Morgan fingerprint density at radius 3 is 3.00 bits per heavy atom. The van der Waals surface area contributed by atoms with Gasteiger partial charge in [-0.05, 0) is 25.3 Å². The van der Waals surface area contributed by atoms with E-state index in [9.17, 15) is 0 Å². The van der Waals surface area contributed by atoms with E-state index in [1.165, 1.54) is 0 Å². The van der Waals surface area contributed by atoms with Gasteiger partial charge in [-0.25, -0.2) is 0 Å². The Balaban J connectivity index is 1.86. The first-order valence-corrected chi connectivity index (χ1v) is 5.55. The largest absolute Gasteiger partial charge is 0.381 e. The quantitative estimate of drug-likeness (QED) is 0.771. The molecule has 1 fully saturated rings. The molecule has 0 amide bonds. The highest BCUT2D eigenvalue weighted by Gasteiger charge is 2.14. The normalized spacial score (nSPS) is 18.2. The summed E-state index contributed by atoms with van der Waals surface area (Å²) in [5, 5.41) is 8.17. The van der Waals surface area contributed by atoms with E-state index < -0.39 is 0 Å². The predicted molar refractivity (Wildman–Crippen MR) is 56.3 cm³/mol. The molecule has 2 rings (SSSR count). The van der Waals surface area contributed by atoms with E-state index in [-0.39, 0.29) is 0 Å². The van der Waals surface area contributed by atoms with Crippen LogP contribution in [0.5, 0.6) is 0 Å². The van der Waals surface area contributed by atoms with Gasteiger partial charge < -0.3 is 10.5 Å². The number of nitrogens with zero attached hydrogens (tertiary/aromatic N) is 3. The molecule has 2 N–H and O–H groups in total. The molecule has 0 aliphatic carbocycles. The van der Waals surface area contributed by atoms with Gasteiger partial charge in [0, 0.05) is 32.4 Å². The first-order valence-electron chi connectivity index (χ1n) is 5.55. The Morgan fingerprint density at radius 1 is 1.47 bits per heavy atom. The van der Waals surface area contributed by atoms with Crippen LogP contribution in [-0.2, 0) is 17.7 Å². The summed E-state index contributed by atoms with van der Waals surface area (Å²) in [6.45, 7) is 3.36. The lowest BCUT2D eigenvalue weighted by atomic mass is 10.0. The third kappa shape index (κ3) is 3.00. The van der Waals surface area contributed by atoms with E-state index in [0.717, 1.165) is 44.7 Å². The summed E-state index contributed by atoms with van der Waals surface area (Å²) in [6, 6.07) is 0. The summed E-state index contributed by atoms with van der Waals surface area (Å²) < 4.78 is 7.25. The molecular weight excluding hydrogens is 192 g/mol. The van der Waals surface area contributed by atoms with Crippen molar-refractivity contribution in [2.75, 3.05) is 19.8 Å². The van der Waals surface area contributed by atoms with Crippen molar-refractivity contribution in [3.05, 3.63) is 11.9 Å². The minimum atomic E-state index is 0.635.